The molecule has 19 heavy (non-hydrogen) atoms. The van der Waals surface area contributed by atoms with Gasteiger partial charge in [-0.3, -0.25) is 4.79 Å². The first-order valence-electron chi connectivity index (χ1n) is 7.22. The quantitative estimate of drug-likeness (QED) is 0.599. The molecule has 0 amide bonds. The maximum Gasteiger partial charge on any atom is 0.308 e. The van der Waals surface area contributed by atoms with E-state index in [1.54, 1.807) is 6.92 Å². The lowest BCUT2D eigenvalue weighted by Crippen LogP contribution is -2.45. The van der Waals surface area contributed by atoms with Crippen LogP contribution in [0.5, 0.6) is 0 Å². The lowest BCUT2D eigenvalue weighted by Gasteiger charge is -2.35. The van der Waals surface area contributed by atoms with Crippen molar-refractivity contribution in [3.63, 3.8) is 0 Å². The van der Waals surface area contributed by atoms with Gasteiger partial charge < -0.3 is 20.3 Å². The first-order valence-corrected chi connectivity index (χ1v) is 7.22. The molecule has 0 spiro atoms. The van der Waals surface area contributed by atoms with Gasteiger partial charge in [-0.25, -0.2) is 0 Å². The molecule has 1 atom stereocenters. The number of carbonyl (C=O) groups is 1. The Morgan fingerprint density at radius 3 is 2.68 bits per heavy atom. The monoisotopic (exact) mass is 273 g/mol. The molecule has 0 radical (unpaired) electrons. The molecule has 0 saturated heterocycles. The molecular weight excluding hydrogens is 246 g/mol. The summed E-state index contributed by atoms with van der Waals surface area (Å²) in [5.74, 6) is 0.302. The van der Waals surface area contributed by atoms with Gasteiger partial charge in [0.05, 0.1) is 24.7 Å². The highest BCUT2D eigenvalue weighted by atomic mass is 16.5. The molecule has 5 nitrogen and oxygen atoms in total. The Labute approximate surface area is 115 Å². The number of hydrogen-bond donors (Lipinski definition) is 3. The van der Waals surface area contributed by atoms with E-state index in [0.717, 1.165) is 25.7 Å². The Morgan fingerprint density at radius 2 is 2.11 bits per heavy atom. The van der Waals surface area contributed by atoms with Crippen LogP contribution < -0.4 is 5.32 Å². The number of aliphatic hydroxyl groups excluding tert-OH is 1. The van der Waals surface area contributed by atoms with Gasteiger partial charge in [0.15, 0.2) is 0 Å². The molecule has 0 heterocycles. The standard InChI is InChI=1S/C14H27NO4/c1-3-19-13(17)8-12(16)9-15-10-14(18)6-4-11(2)5-7-14/h11-12,15-16,18H,3-10H2,1-2H3. The summed E-state index contributed by atoms with van der Waals surface area (Å²) in [5.41, 5.74) is -0.657. The largest absolute Gasteiger partial charge is 0.466 e. The molecule has 0 bridgehead atoms. The van der Waals surface area contributed by atoms with Crippen LogP contribution in [0.15, 0.2) is 0 Å². The third-order valence-corrected chi connectivity index (χ3v) is 3.75. The number of hydrogen-bond acceptors (Lipinski definition) is 5. The van der Waals surface area contributed by atoms with Gasteiger partial charge >= 0.3 is 5.97 Å². The summed E-state index contributed by atoms with van der Waals surface area (Å²) >= 11 is 0. The molecule has 0 aliphatic heterocycles. The van der Waals surface area contributed by atoms with E-state index in [1.807, 2.05) is 0 Å². The van der Waals surface area contributed by atoms with Crippen molar-refractivity contribution in [2.45, 2.75) is 57.7 Å². The Balaban J connectivity index is 2.17. The third kappa shape index (κ3) is 6.36. The van der Waals surface area contributed by atoms with Crippen LogP contribution in [0.4, 0.5) is 0 Å². The van der Waals surface area contributed by atoms with Crippen LogP contribution in [-0.4, -0.2) is 47.6 Å². The van der Waals surface area contributed by atoms with Gasteiger partial charge in [0.2, 0.25) is 0 Å². The van der Waals surface area contributed by atoms with Crippen LogP contribution in [0.3, 0.4) is 0 Å². The van der Waals surface area contributed by atoms with E-state index in [1.165, 1.54) is 0 Å². The van der Waals surface area contributed by atoms with E-state index < -0.39 is 11.7 Å². The zero-order valence-electron chi connectivity index (χ0n) is 12.0. The normalized spacial score (nSPS) is 28.9. The van der Waals surface area contributed by atoms with Crippen molar-refractivity contribution in [1.29, 1.82) is 0 Å². The highest BCUT2D eigenvalue weighted by molar-refractivity contribution is 5.69. The average molecular weight is 273 g/mol. The minimum atomic E-state index is -0.759. The van der Waals surface area contributed by atoms with Crippen LogP contribution in [-0.2, 0) is 9.53 Å². The van der Waals surface area contributed by atoms with Gasteiger partial charge in [-0.2, -0.15) is 0 Å². The van der Waals surface area contributed by atoms with Crippen molar-refractivity contribution in [2.24, 2.45) is 5.92 Å². The van der Waals surface area contributed by atoms with Gasteiger partial charge in [0.1, 0.15) is 0 Å². The fraction of sp³-hybridized carbons (Fsp3) is 0.929. The lowest BCUT2D eigenvalue weighted by atomic mass is 9.79. The minimum Gasteiger partial charge on any atom is -0.466 e. The highest BCUT2D eigenvalue weighted by Gasteiger charge is 2.31. The predicted octanol–water partition coefficient (Wildman–Crippen LogP) is 0.831. The molecule has 1 aliphatic rings. The second-order valence-electron chi connectivity index (χ2n) is 5.70. The molecule has 112 valence electrons. The topological polar surface area (TPSA) is 78.8 Å². The smallest absolute Gasteiger partial charge is 0.308 e. The first-order chi connectivity index (χ1) is 8.95. The number of ether oxygens (including phenoxy) is 1. The Hall–Kier alpha value is -0.650. The first kappa shape index (κ1) is 16.4. The minimum absolute atomic E-state index is 0.00367. The molecule has 1 unspecified atom stereocenters. The molecule has 1 fully saturated rings. The number of rotatable bonds is 7. The maximum absolute atomic E-state index is 11.2. The summed E-state index contributed by atoms with van der Waals surface area (Å²) in [7, 11) is 0. The van der Waals surface area contributed by atoms with Gasteiger partial charge in [0.25, 0.3) is 0 Å². The summed E-state index contributed by atoms with van der Waals surface area (Å²) in [6, 6.07) is 0. The van der Waals surface area contributed by atoms with E-state index in [2.05, 4.69) is 12.2 Å². The molecular formula is C14H27NO4. The SMILES string of the molecule is CCOC(=O)CC(O)CNCC1(O)CCC(C)CC1. The van der Waals surface area contributed by atoms with Crippen molar-refractivity contribution >= 4 is 5.97 Å². The summed E-state index contributed by atoms with van der Waals surface area (Å²) in [6.45, 7) is 5.05. The van der Waals surface area contributed by atoms with Crippen LogP contribution in [0.2, 0.25) is 0 Å². The molecule has 0 aromatic carbocycles. The van der Waals surface area contributed by atoms with Crippen LogP contribution in [0.25, 0.3) is 0 Å². The fourth-order valence-corrected chi connectivity index (χ4v) is 2.43. The van der Waals surface area contributed by atoms with Crippen molar-refractivity contribution in [3.05, 3.63) is 0 Å². The highest BCUT2D eigenvalue weighted by Crippen LogP contribution is 2.31. The molecule has 1 rings (SSSR count). The average Bonchev–Trinajstić information content (AvgIpc) is 2.33. The van der Waals surface area contributed by atoms with Crippen LogP contribution >= 0.6 is 0 Å². The number of nitrogens with one attached hydrogen (secondary N) is 1. The van der Waals surface area contributed by atoms with E-state index in [-0.39, 0.29) is 12.4 Å². The van der Waals surface area contributed by atoms with Crippen molar-refractivity contribution in [3.8, 4) is 0 Å². The Bertz CT molecular complexity index is 275. The molecule has 0 aromatic rings. The Kier molecular flexibility index (Phi) is 6.75. The van der Waals surface area contributed by atoms with E-state index in [0.29, 0.717) is 25.6 Å². The number of esters is 1. The lowest BCUT2D eigenvalue weighted by molar-refractivity contribution is -0.145. The van der Waals surface area contributed by atoms with Crippen molar-refractivity contribution < 1.29 is 19.7 Å². The van der Waals surface area contributed by atoms with E-state index in [9.17, 15) is 15.0 Å². The zero-order valence-corrected chi connectivity index (χ0v) is 12.0. The van der Waals surface area contributed by atoms with Gasteiger partial charge in [-0.05, 0) is 38.5 Å². The fourth-order valence-electron chi connectivity index (χ4n) is 2.43. The summed E-state index contributed by atoms with van der Waals surface area (Å²) < 4.78 is 4.76. The number of aliphatic hydroxyl groups is 2. The number of carbonyl (C=O) groups excluding carboxylic acids is 1. The second kappa shape index (κ2) is 7.82. The third-order valence-electron chi connectivity index (χ3n) is 3.75. The summed E-state index contributed by atoms with van der Waals surface area (Å²) in [6.07, 6.45) is 2.93. The summed E-state index contributed by atoms with van der Waals surface area (Å²) in [4.78, 5) is 11.2. The van der Waals surface area contributed by atoms with Gasteiger partial charge in [0, 0.05) is 13.1 Å². The predicted molar refractivity (Wildman–Crippen MR) is 72.7 cm³/mol. The molecule has 0 aromatic heterocycles. The van der Waals surface area contributed by atoms with Crippen molar-refractivity contribution in [1.82, 2.24) is 5.32 Å². The molecule has 3 N–H and O–H groups in total. The van der Waals surface area contributed by atoms with Gasteiger partial charge in [-0.1, -0.05) is 6.92 Å². The molecule has 1 saturated carbocycles. The maximum atomic E-state index is 11.2. The van der Waals surface area contributed by atoms with Crippen LogP contribution in [0.1, 0.15) is 46.0 Å². The van der Waals surface area contributed by atoms with Crippen molar-refractivity contribution in [2.75, 3.05) is 19.7 Å². The molecule has 1 aliphatic carbocycles. The van der Waals surface area contributed by atoms with E-state index in [4.69, 9.17) is 4.74 Å². The molecule has 5 heteroatoms. The zero-order chi connectivity index (χ0) is 14.3. The second-order valence-corrected chi connectivity index (χ2v) is 5.70. The van der Waals surface area contributed by atoms with Gasteiger partial charge in [-0.15, -0.1) is 0 Å². The summed E-state index contributed by atoms with van der Waals surface area (Å²) in [5, 5.41) is 23.0. The van der Waals surface area contributed by atoms with Crippen LogP contribution in [0, 0.1) is 5.92 Å². The van der Waals surface area contributed by atoms with E-state index >= 15 is 0 Å². The Morgan fingerprint density at radius 1 is 1.47 bits per heavy atom.